The molecule has 1 atom stereocenters. The summed E-state index contributed by atoms with van der Waals surface area (Å²) in [4.78, 5) is 24.2. The molecule has 0 aliphatic carbocycles. The van der Waals surface area contributed by atoms with Crippen molar-refractivity contribution in [3.63, 3.8) is 0 Å². The largest absolute Gasteiger partial charge is 0.481 e. The first-order valence-electron chi connectivity index (χ1n) is 6.40. The molecule has 1 unspecified atom stereocenters. The first-order chi connectivity index (χ1) is 9.43. The molecule has 0 aromatic heterocycles. The van der Waals surface area contributed by atoms with Crippen LogP contribution in [0.2, 0.25) is 0 Å². The van der Waals surface area contributed by atoms with Crippen LogP contribution in [0.15, 0.2) is 30.3 Å². The summed E-state index contributed by atoms with van der Waals surface area (Å²) in [6, 6.07) is 5.39. The van der Waals surface area contributed by atoms with Gasteiger partial charge in [0.2, 0.25) is 5.91 Å². The summed E-state index contributed by atoms with van der Waals surface area (Å²) in [6.45, 7) is 3.92. The third-order valence-electron chi connectivity index (χ3n) is 2.91. The van der Waals surface area contributed by atoms with Crippen LogP contribution < -0.4 is 0 Å². The summed E-state index contributed by atoms with van der Waals surface area (Å²) in [6.07, 6.45) is 2.86. The lowest BCUT2D eigenvalue weighted by molar-refractivity contribution is -0.139. The second-order valence-corrected chi connectivity index (χ2v) is 4.46. The number of benzene rings is 1. The molecule has 0 bridgehead atoms. The lowest BCUT2D eigenvalue weighted by Crippen LogP contribution is -2.38. The monoisotopic (exact) mass is 279 g/mol. The Labute approximate surface area is 117 Å². The molecule has 1 N–H and O–H groups in total. The fourth-order valence-electron chi connectivity index (χ4n) is 1.88. The Morgan fingerprint density at radius 3 is 2.45 bits per heavy atom. The van der Waals surface area contributed by atoms with Crippen molar-refractivity contribution in [2.75, 3.05) is 6.54 Å². The fourth-order valence-corrected chi connectivity index (χ4v) is 1.88. The highest BCUT2D eigenvalue weighted by Gasteiger charge is 2.18. The second kappa shape index (κ2) is 7.43. The molecule has 20 heavy (non-hydrogen) atoms. The number of amides is 1. The van der Waals surface area contributed by atoms with Crippen molar-refractivity contribution in [1.29, 1.82) is 0 Å². The normalized spacial score (nSPS) is 12.3. The van der Waals surface area contributed by atoms with Crippen LogP contribution in [0.4, 0.5) is 4.39 Å². The molecular weight excluding hydrogens is 261 g/mol. The van der Waals surface area contributed by atoms with E-state index in [9.17, 15) is 14.0 Å². The average Bonchev–Trinajstić information content (AvgIpc) is 2.38. The van der Waals surface area contributed by atoms with Crippen molar-refractivity contribution in [3.8, 4) is 0 Å². The molecular formula is C15H18FNO3. The van der Waals surface area contributed by atoms with Gasteiger partial charge in [0.15, 0.2) is 0 Å². The summed E-state index contributed by atoms with van der Waals surface area (Å²) >= 11 is 0. The van der Waals surface area contributed by atoms with Crippen LogP contribution in [-0.4, -0.2) is 34.5 Å². The van der Waals surface area contributed by atoms with E-state index in [0.717, 1.165) is 0 Å². The molecule has 1 rings (SSSR count). The molecule has 1 aromatic rings. The molecule has 0 aliphatic rings. The molecule has 0 fully saturated rings. The van der Waals surface area contributed by atoms with Crippen molar-refractivity contribution in [2.24, 2.45) is 0 Å². The molecule has 4 nitrogen and oxygen atoms in total. The van der Waals surface area contributed by atoms with Gasteiger partial charge in [-0.1, -0.05) is 12.1 Å². The Bertz CT molecular complexity index is 496. The number of rotatable bonds is 6. The number of aliphatic carboxylic acids is 1. The van der Waals surface area contributed by atoms with Crippen molar-refractivity contribution in [2.45, 2.75) is 26.3 Å². The number of hydrogen-bond acceptors (Lipinski definition) is 2. The van der Waals surface area contributed by atoms with Crippen LogP contribution in [-0.2, 0) is 9.59 Å². The minimum absolute atomic E-state index is 0.0933. The zero-order chi connectivity index (χ0) is 15.1. The number of likely N-dealkylation sites (N-methyl/N-ethyl adjacent to an activating group) is 1. The molecule has 1 amide bonds. The van der Waals surface area contributed by atoms with Gasteiger partial charge in [-0.15, -0.1) is 0 Å². The van der Waals surface area contributed by atoms with Gasteiger partial charge in [-0.2, -0.15) is 0 Å². The lowest BCUT2D eigenvalue weighted by atomic mass is 10.1. The van der Waals surface area contributed by atoms with E-state index in [1.54, 1.807) is 32.1 Å². The van der Waals surface area contributed by atoms with Crippen LogP contribution in [0.1, 0.15) is 25.8 Å². The highest BCUT2D eigenvalue weighted by molar-refractivity contribution is 5.92. The van der Waals surface area contributed by atoms with Gasteiger partial charge in [0, 0.05) is 18.7 Å². The smallest absolute Gasteiger partial charge is 0.305 e. The number of hydrogen-bond donors (Lipinski definition) is 1. The van der Waals surface area contributed by atoms with Crippen molar-refractivity contribution < 1.29 is 19.1 Å². The van der Waals surface area contributed by atoms with Gasteiger partial charge in [0.05, 0.1) is 6.42 Å². The summed E-state index contributed by atoms with van der Waals surface area (Å²) in [5.74, 6) is -1.53. The van der Waals surface area contributed by atoms with Crippen LogP contribution in [0.5, 0.6) is 0 Å². The van der Waals surface area contributed by atoms with E-state index in [-0.39, 0.29) is 24.2 Å². The number of carboxylic acids is 1. The molecule has 108 valence electrons. The zero-order valence-corrected chi connectivity index (χ0v) is 11.5. The van der Waals surface area contributed by atoms with Crippen LogP contribution in [0, 0.1) is 5.82 Å². The van der Waals surface area contributed by atoms with Crippen molar-refractivity contribution in [1.82, 2.24) is 4.90 Å². The minimum atomic E-state index is -0.939. The summed E-state index contributed by atoms with van der Waals surface area (Å²) < 4.78 is 12.7. The van der Waals surface area contributed by atoms with E-state index in [1.165, 1.54) is 23.1 Å². The third-order valence-corrected chi connectivity index (χ3v) is 2.91. The maximum absolute atomic E-state index is 12.7. The van der Waals surface area contributed by atoms with E-state index in [0.29, 0.717) is 12.1 Å². The molecule has 0 radical (unpaired) electrons. The fraction of sp³-hybridized carbons (Fsp3) is 0.333. The lowest BCUT2D eigenvalue weighted by Gasteiger charge is -2.25. The maximum atomic E-state index is 12.7. The maximum Gasteiger partial charge on any atom is 0.305 e. The Balaban J connectivity index is 2.71. The van der Waals surface area contributed by atoms with Crippen molar-refractivity contribution in [3.05, 3.63) is 41.7 Å². The van der Waals surface area contributed by atoms with Crippen LogP contribution in [0.3, 0.4) is 0 Å². The first-order valence-corrected chi connectivity index (χ1v) is 6.40. The van der Waals surface area contributed by atoms with Gasteiger partial charge in [0.1, 0.15) is 5.82 Å². The molecule has 0 spiro atoms. The van der Waals surface area contributed by atoms with Gasteiger partial charge >= 0.3 is 5.97 Å². The predicted molar refractivity (Wildman–Crippen MR) is 74.5 cm³/mol. The van der Waals surface area contributed by atoms with E-state index in [1.807, 2.05) is 0 Å². The molecule has 0 saturated heterocycles. The number of carboxylic acid groups (broad SMARTS) is 1. The Hall–Kier alpha value is -2.17. The van der Waals surface area contributed by atoms with Gasteiger partial charge in [-0.05, 0) is 37.6 Å². The quantitative estimate of drug-likeness (QED) is 0.814. The Kier molecular flexibility index (Phi) is 5.90. The molecule has 0 saturated carbocycles. The molecule has 5 heteroatoms. The van der Waals surface area contributed by atoms with E-state index in [4.69, 9.17) is 5.11 Å². The number of carbonyl (C=O) groups is 2. The SMILES string of the molecule is CCN(C(=O)C=Cc1ccc(F)cc1)C(C)CC(=O)O. The van der Waals surface area contributed by atoms with Gasteiger partial charge < -0.3 is 10.0 Å². The van der Waals surface area contributed by atoms with Gasteiger partial charge in [-0.25, -0.2) is 4.39 Å². The van der Waals surface area contributed by atoms with Crippen LogP contribution in [0.25, 0.3) is 6.08 Å². The molecule has 1 aromatic carbocycles. The van der Waals surface area contributed by atoms with Crippen LogP contribution >= 0.6 is 0 Å². The van der Waals surface area contributed by atoms with E-state index in [2.05, 4.69) is 0 Å². The van der Waals surface area contributed by atoms with Gasteiger partial charge in [0.25, 0.3) is 0 Å². The second-order valence-electron chi connectivity index (χ2n) is 4.46. The Morgan fingerprint density at radius 1 is 1.35 bits per heavy atom. The highest BCUT2D eigenvalue weighted by atomic mass is 19.1. The Morgan fingerprint density at radius 2 is 1.95 bits per heavy atom. The number of halogens is 1. The van der Waals surface area contributed by atoms with E-state index < -0.39 is 5.97 Å². The summed E-state index contributed by atoms with van der Waals surface area (Å²) in [7, 11) is 0. The topological polar surface area (TPSA) is 57.6 Å². The minimum Gasteiger partial charge on any atom is -0.481 e. The first kappa shape index (κ1) is 15.9. The predicted octanol–water partition coefficient (Wildman–Crippen LogP) is 2.55. The summed E-state index contributed by atoms with van der Waals surface area (Å²) in [5.41, 5.74) is 0.710. The zero-order valence-electron chi connectivity index (χ0n) is 11.5. The van der Waals surface area contributed by atoms with E-state index >= 15 is 0 Å². The standard InChI is InChI=1S/C15H18FNO3/c1-3-17(11(2)10-15(19)20)14(18)9-6-12-4-7-13(16)8-5-12/h4-9,11H,3,10H2,1-2H3,(H,19,20). The van der Waals surface area contributed by atoms with Gasteiger partial charge in [-0.3, -0.25) is 9.59 Å². The average molecular weight is 279 g/mol. The third kappa shape index (κ3) is 4.84. The summed E-state index contributed by atoms with van der Waals surface area (Å²) in [5, 5.41) is 8.75. The molecule has 0 aliphatic heterocycles. The number of carbonyl (C=O) groups excluding carboxylic acids is 1. The highest BCUT2D eigenvalue weighted by Crippen LogP contribution is 2.08. The van der Waals surface area contributed by atoms with Crippen molar-refractivity contribution >= 4 is 18.0 Å². The molecule has 0 heterocycles. The number of nitrogens with zero attached hydrogens (tertiary/aromatic N) is 1.